The first kappa shape index (κ1) is 17.8. The fourth-order valence-corrected chi connectivity index (χ4v) is 2.18. The van der Waals surface area contributed by atoms with Gasteiger partial charge in [-0.2, -0.15) is 13.2 Å². The number of carbonyl (C=O) groups is 2. The van der Waals surface area contributed by atoms with Gasteiger partial charge in [-0.25, -0.2) is 4.79 Å². The van der Waals surface area contributed by atoms with Crippen LogP contribution in [0.5, 0.6) is 0 Å². The van der Waals surface area contributed by atoms with Crippen molar-refractivity contribution in [2.75, 3.05) is 7.11 Å². The van der Waals surface area contributed by atoms with Gasteiger partial charge < -0.3 is 10.1 Å². The van der Waals surface area contributed by atoms with Crippen LogP contribution in [0.4, 0.5) is 13.2 Å². The molecule has 0 aliphatic heterocycles. The predicted molar refractivity (Wildman–Crippen MR) is 75.8 cm³/mol. The van der Waals surface area contributed by atoms with Gasteiger partial charge in [0, 0.05) is 12.5 Å². The number of rotatable bonds is 5. The number of hydrogen-bond acceptors (Lipinski definition) is 4. The van der Waals surface area contributed by atoms with Crippen molar-refractivity contribution in [1.82, 2.24) is 5.32 Å². The van der Waals surface area contributed by atoms with Crippen LogP contribution in [0, 0.1) is 12.3 Å². The zero-order valence-corrected chi connectivity index (χ0v) is 12.3. The van der Waals surface area contributed by atoms with Crippen LogP contribution in [0.3, 0.4) is 0 Å². The molecule has 1 N–H and O–H groups in total. The molecule has 0 aliphatic rings. The number of methoxy groups -OCH3 is 1. The number of terminal acetylenes is 1. The number of ether oxygens (including phenoxy) is 1. The Bertz CT molecular complexity index is 614. The molecule has 1 heterocycles. The molecule has 0 bridgehead atoms. The molecule has 118 valence electrons. The van der Waals surface area contributed by atoms with Crippen LogP contribution in [-0.2, 0) is 20.5 Å². The summed E-state index contributed by atoms with van der Waals surface area (Å²) < 4.78 is 41.7. The summed E-state index contributed by atoms with van der Waals surface area (Å²) in [7, 11) is 1.15. The monoisotopic (exact) mass is 331 g/mol. The number of hydrogen-bond donors (Lipinski definition) is 1. The number of amides is 1. The number of carbonyl (C=O) groups excluding carboxylic acids is 2. The van der Waals surface area contributed by atoms with Crippen LogP contribution in [0.25, 0.3) is 6.08 Å². The van der Waals surface area contributed by atoms with E-state index in [1.54, 1.807) is 0 Å². The number of thiophene rings is 1. The first-order valence-corrected chi connectivity index (χ1v) is 6.81. The third-order valence-electron chi connectivity index (χ3n) is 2.45. The van der Waals surface area contributed by atoms with Crippen molar-refractivity contribution in [3.05, 3.63) is 28.0 Å². The van der Waals surface area contributed by atoms with E-state index >= 15 is 0 Å². The van der Waals surface area contributed by atoms with Crippen LogP contribution in [0.15, 0.2) is 17.5 Å². The van der Waals surface area contributed by atoms with Gasteiger partial charge >= 0.3 is 12.1 Å². The van der Waals surface area contributed by atoms with E-state index in [2.05, 4.69) is 16.0 Å². The van der Waals surface area contributed by atoms with E-state index in [9.17, 15) is 22.8 Å². The maximum absolute atomic E-state index is 12.4. The number of alkyl halides is 3. The number of nitrogens with one attached hydrogen (secondary N) is 1. The van der Waals surface area contributed by atoms with Crippen LogP contribution in [0.1, 0.15) is 16.9 Å². The third-order valence-corrected chi connectivity index (χ3v) is 3.44. The van der Waals surface area contributed by atoms with Crippen molar-refractivity contribution in [1.29, 1.82) is 0 Å². The molecule has 22 heavy (non-hydrogen) atoms. The van der Waals surface area contributed by atoms with E-state index in [1.165, 1.54) is 11.5 Å². The molecule has 1 unspecified atom stereocenters. The Hall–Kier alpha value is -2.27. The van der Waals surface area contributed by atoms with Gasteiger partial charge in [-0.05, 0) is 23.1 Å². The lowest BCUT2D eigenvalue weighted by Crippen LogP contribution is -2.40. The molecule has 8 heteroatoms. The minimum Gasteiger partial charge on any atom is -0.467 e. The zero-order valence-electron chi connectivity index (χ0n) is 11.4. The van der Waals surface area contributed by atoms with E-state index in [0.29, 0.717) is 11.3 Å². The van der Waals surface area contributed by atoms with Crippen molar-refractivity contribution in [3.63, 3.8) is 0 Å². The standard InChI is InChI=1S/C14H12F3NO3S/c1-3-4-10(13(20)21-2)18-12(19)6-5-9-7-11(22-8-9)14(15,16)17/h1,5-8,10H,4H2,2H3,(H,18,19). The fraction of sp³-hybridized carbons (Fsp3) is 0.286. The van der Waals surface area contributed by atoms with Gasteiger partial charge in [0.25, 0.3) is 0 Å². The Morgan fingerprint density at radius 1 is 1.55 bits per heavy atom. The fourth-order valence-electron chi connectivity index (χ4n) is 1.43. The van der Waals surface area contributed by atoms with Crippen LogP contribution in [-0.4, -0.2) is 25.0 Å². The summed E-state index contributed by atoms with van der Waals surface area (Å²) in [6.45, 7) is 0. The van der Waals surface area contributed by atoms with Crippen LogP contribution in [0.2, 0.25) is 0 Å². The van der Waals surface area contributed by atoms with Crippen molar-refractivity contribution < 1.29 is 27.5 Å². The van der Waals surface area contributed by atoms with Gasteiger partial charge in [0.05, 0.1) is 7.11 Å². The van der Waals surface area contributed by atoms with Crippen LogP contribution < -0.4 is 5.32 Å². The SMILES string of the molecule is C#CCC(NC(=O)C=Cc1csc(C(F)(F)F)c1)C(=O)OC. The van der Waals surface area contributed by atoms with Crippen molar-refractivity contribution in [2.24, 2.45) is 0 Å². The zero-order chi connectivity index (χ0) is 16.8. The van der Waals surface area contributed by atoms with E-state index in [-0.39, 0.29) is 12.0 Å². The summed E-state index contributed by atoms with van der Waals surface area (Å²) in [4.78, 5) is 22.2. The third kappa shape index (κ3) is 5.26. The highest BCUT2D eigenvalue weighted by atomic mass is 32.1. The molecule has 4 nitrogen and oxygen atoms in total. The largest absolute Gasteiger partial charge is 0.467 e. The molecule has 0 saturated carbocycles. The van der Waals surface area contributed by atoms with E-state index in [1.807, 2.05) is 0 Å². The van der Waals surface area contributed by atoms with Gasteiger partial charge in [-0.1, -0.05) is 0 Å². The smallest absolute Gasteiger partial charge is 0.425 e. The topological polar surface area (TPSA) is 55.4 Å². The highest BCUT2D eigenvalue weighted by molar-refractivity contribution is 7.10. The molecule has 0 spiro atoms. The summed E-state index contributed by atoms with van der Waals surface area (Å²) in [5, 5.41) is 3.58. The molecule has 0 saturated heterocycles. The molecule has 1 aromatic rings. The van der Waals surface area contributed by atoms with E-state index in [0.717, 1.165) is 19.3 Å². The molecule has 1 atom stereocenters. The summed E-state index contributed by atoms with van der Waals surface area (Å²) in [6, 6.07) is -0.0754. The Morgan fingerprint density at radius 3 is 2.73 bits per heavy atom. The molecule has 1 rings (SSSR count). The van der Waals surface area contributed by atoms with E-state index < -0.39 is 29.0 Å². The molecular formula is C14H12F3NO3S. The Balaban J connectivity index is 2.69. The maximum atomic E-state index is 12.4. The normalized spacial score (nSPS) is 12.7. The van der Waals surface area contributed by atoms with Crippen molar-refractivity contribution >= 4 is 29.3 Å². The summed E-state index contributed by atoms with van der Waals surface area (Å²) in [6.07, 6.45) is 2.84. The Morgan fingerprint density at radius 2 is 2.23 bits per heavy atom. The molecule has 1 aromatic heterocycles. The summed E-state index contributed by atoms with van der Waals surface area (Å²) in [5.74, 6) is 0.858. The van der Waals surface area contributed by atoms with Crippen LogP contribution >= 0.6 is 11.3 Å². The Labute approximate surface area is 129 Å². The minimum absolute atomic E-state index is 0.0527. The Kier molecular flexibility index (Phi) is 6.19. The van der Waals surface area contributed by atoms with Gasteiger partial charge in [0.15, 0.2) is 0 Å². The summed E-state index contributed by atoms with van der Waals surface area (Å²) >= 11 is 0.530. The van der Waals surface area contributed by atoms with E-state index in [4.69, 9.17) is 6.42 Å². The molecule has 1 amide bonds. The quantitative estimate of drug-likeness (QED) is 0.512. The second-order valence-corrected chi connectivity index (χ2v) is 4.98. The van der Waals surface area contributed by atoms with Crippen molar-refractivity contribution in [2.45, 2.75) is 18.6 Å². The molecule has 0 radical (unpaired) electrons. The summed E-state index contributed by atoms with van der Waals surface area (Å²) in [5.41, 5.74) is 0.235. The van der Waals surface area contributed by atoms with Gasteiger partial charge in [-0.3, -0.25) is 4.79 Å². The molecule has 0 fully saturated rings. The average Bonchev–Trinajstić information content (AvgIpc) is 2.93. The number of esters is 1. The molecular weight excluding hydrogens is 319 g/mol. The predicted octanol–water partition coefficient (Wildman–Crippen LogP) is 2.46. The first-order chi connectivity index (χ1) is 10.3. The lowest BCUT2D eigenvalue weighted by atomic mass is 10.2. The number of halogens is 3. The molecule has 0 aliphatic carbocycles. The minimum atomic E-state index is -4.41. The van der Waals surface area contributed by atoms with Crippen molar-refractivity contribution in [3.8, 4) is 12.3 Å². The second-order valence-electron chi connectivity index (χ2n) is 4.07. The average molecular weight is 331 g/mol. The van der Waals surface area contributed by atoms with Gasteiger partial charge in [0.1, 0.15) is 10.9 Å². The highest BCUT2D eigenvalue weighted by Gasteiger charge is 2.32. The van der Waals surface area contributed by atoms with Gasteiger partial charge in [-0.15, -0.1) is 23.7 Å². The maximum Gasteiger partial charge on any atom is 0.425 e. The second kappa shape index (κ2) is 7.66. The van der Waals surface area contributed by atoms with Gasteiger partial charge in [0.2, 0.25) is 5.91 Å². The molecule has 0 aromatic carbocycles. The lowest BCUT2D eigenvalue weighted by molar-refractivity contribution is -0.144. The highest BCUT2D eigenvalue weighted by Crippen LogP contribution is 2.34. The lowest BCUT2D eigenvalue weighted by Gasteiger charge is -2.12. The first-order valence-electron chi connectivity index (χ1n) is 5.93.